The summed E-state index contributed by atoms with van der Waals surface area (Å²) < 4.78 is 0.900. The second-order valence-corrected chi connectivity index (χ2v) is 5.86. The zero-order valence-electron chi connectivity index (χ0n) is 10.5. The second-order valence-electron chi connectivity index (χ2n) is 4.19. The van der Waals surface area contributed by atoms with Gasteiger partial charge in [-0.15, -0.1) is 0 Å². The smallest absolute Gasteiger partial charge is 0.0599 e. The maximum atomic E-state index is 6.39. The summed E-state index contributed by atoms with van der Waals surface area (Å²) >= 11 is 15.9. The van der Waals surface area contributed by atoms with E-state index in [9.17, 15) is 0 Å². The van der Waals surface area contributed by atoms with E-state index >= 15 is 0 Å². The summed E-state index contributed by atoms with van der Waals surface area (Å²) in [5.74, 6) is 0. The van der Waals surface area contributed by atoms with Crippen molar-refractivity contribution < 1.29 is 0 Å². The molecule has 0 fully saturated rings. The molecule has 2 aromatic rings. The van der Waals surface area contributed by atoms with Gasteiger partial charge in [0.1, 0.15) is 0 Å². The van der Waals surface area contributed by atoms with E-state index in [2.05, 4.69) is 34.2 Å². The predicted octanol–water partition coefficient (Wildman–Crippen LogP) is 5.45. The molecule has 0 heterocycles. The van der Waals surface area contributed by atoms with Crippen LogP contribution in [0.15, 0.2) is 46.9 Å². The SMILES string of the molecule is CCNC(c1cccc(Cl)c1)c1cccc(Br)c1Cl. The normalized spacial score (nSPS) is 12.4. The molecule has 0 bridgehead atoms. The Morgan fingerprint density at radius 1 is 1.16 bits per heavy atom. The average molecular weight is 359 g/mol. The first kappa shape index (κ1) is 14.9. The average Bonchev–Trinajstić information content (AvgIpc) is 2.40. The van der Waals surface area contributed by atoms with E-state index in [0.717, 1.165) is 32.2 Å². The van der Waals surface area contributed by atoms with Crippen molar-refractivity contribution in [1.29, 1.82) is 0 Å². The Labute approximate surface area is 132 Å². The highest BCUT2D eigenvalue weighted by atomic mass is 79.9. The summed E-state index contributed by atoms with van der Waals surface area (Å²) in [6.45, 7) is 2.92. The van der Waals surface area contributed by atoms with Gasteiger partial charge in [-0.2, -0.15) is 0 Å². The molecule has 1 unspecified atom stereocenters. The molecule has 1 N–H and O–H groups in total. The molecule has 1 atom stereocenters. The van der Waals surface area contributed by atoms with Crippen LogP contribution in [-0.4, -0.2) is 6.54 Å². The monoisotopic (exact) mass is 357 g/mol. The molecule has 0 saturated heterocycles. The number of rotatable bonds is 4. The van der Waals surface area contributed by atoms with E-state index in [4.69, 9.17) is 23.2 Å². The summed E-state index contributed by atoms with van der Waals surface area (Å²) in [5.41, 5.74) is 2.15. The van der Waals surface area contributed by atoms with Crippen molar-refractivity contribution in [2.75, 3.05) is 6.54 Å². The number of nitrogens with one attached hydrogen (secondary N) is 1. The summed E-state index contributed by atoms with van der Waals surface area (Å²) in [4.78, 5) is 0. The first-order chi connectivity index (χ1) is 9.13. The van der Waals surface area contributed by atoms with Gasteiger partial charge in [0.15, 0.2) is 0 Å². The Hall–Kier alpha value is -0.540. The van der Waals surface area contributed by atoms with Gasteiger partial charge in [-0.25, -0.2) is 0 Å². The third kappa shape index (κ3) is 3.51. The third-order valence-corrected chi connectivity index (χ3v) is 4.43. The molecule has 0 spiro atoms. The number of hydrogen-bond donors (Lipinski definition) is 1. The summed E-state index contributed by atoms with van der Waals surface area (Å²) in [5, 5.41) is 4.90. The molecule has 4 heteroatoms. The van der Waals surface area contributed by atoms with Crippen LogP contribution in [0.25, 0.3) is 0 Å². The predicted molar refractivity (Wildman–Crippen MR) is 86.1 cm³/mol. The van der Waals surface area contributed by atoms with Crippen LogP contribution in [0.5, 0.6) is 0 Å². The Morgan fingerprint density at radius 3 is 2.58 bits per heavy atom. The van der Waals surface area contributed by atoms with Crippen molar-refractivity contribution in [3.63, 3.8) is 0 Å². The van der Waals surface area contributed by atoms with Crippen molar-refractivity contribution in [2.45, 2.75) is 13.0 Å². The van der Waals surface area contributed by atoms with Crippen molar-refractivity contribution >= 4 is 39.1 Å². The van der Waals surface area contributed by atoms with Crippen molar-refractivity contribution in [3.8, 4) is 0 Å². The van der Waals surface area contributed by atoms with Crippen LogP contribution in [0, 0.1) is 0 Å². The lowest BCUT2D eigenvalue weighted by Gasteiger charge is -2.21. The summed E-state index contributed by atoms with van der Waals surface area (Å²) in [6.07, 6.45) is 0. The molecule has 100 valence electrons. The van der Waals surface area contributed by atoms with Crippen LogP contribution in [-0.2, 0) is 0 Å². The van der Waals surface area contributed by atoms with Crippen LogP contribution < -0.4 is 5.32 Å². The quantitative estimate of drug-likeness (QED) is 0.765. The molecule has 0 amide bonds. The molecule has 2 aromatic carbocycles. The largest absolute Gasteiger partial charge is 0.306 e. The lowest BCUT2D eigenvalue weighted by atomic mass is 9.98. The van der Waals surface area contributed by atoms with Gasteiger partial charge in [-0.05, 0) is 51.8 Å². The highest BCUT2D eigenvalue weighted by Gasteiger charge is 2.17. The van der Waals surface area contributed by atoms with Gasteiger partial charge in [0, 0.05) is 9.50 Å². The van der Waals surface area contributed by atoms with E-state index in [0.29, 0.717) is 0 Å². The molecule has 0 aromatic heterocycles. The third-order valence-electron chi connectivity index (χ3n) is 2.88. The molecule has 2 rings (SSSR count). The minimum Gasteiger partial charge on any atom is -0.306 e. The van der Waals surface area contributed by atoms with Gasteiger partial charge >= 0.3 is 0 Å². The maximum Gasteiger partial charge on any atom is 0.0599 e. The zero-order valence-corrected chi connectivity index (χ0v) is 13.6. The van der Waals surface area contributed by atoms with Crippen molar-refractivity contribution in [3.05, 3.63) is 68.1 Å². The van der Waals surface area contributed by atoms with Gasteiger partial charge < -0.3 is 5.32 Å². The Balaban J connectivity index is 2.48. The molecule has 0 saturated carbocycles. The first-order valence-corrected chi connectivity index (χ1v) is 7.61. The second kappa shape index (κ2) is 6.76. The molecule has 19 heavy (non-hydrogen) atoms. The maximum absolute atomic E-state index is 6.39. The number of halogens is 3. The summed E-state index contributed by atoms with van der Waals surface area (Å²) in [7, 11) is 0. The minimum atomic E-state index is 0.0358. The van der Waals surface area contributed by atoms with Crippen LogP contribution in [0.4, 0.5) is 0 Å². The van der Waals surface area contributed by atoms with Gasteiger partial charge in [-0.3, -0.25) is 0 Å². The minimum absolute atomic E-state index is 0.0358. The van der Waals surface area contributed by atoms with E-state index in [1.165, 1.54) is 0 Å². The molecule has 0 aliphatic heterocycles. The topological polar surface area (TPSA) is 12.0 Å². The molecule has 1 nitrogen and oxygen atoms in total. The number of hydrogen-bond acceptors (Lipinski definition) is 1. The fraction of sp³-hybridized carbons (Fsp3) is 0.200. The highest BCUT2D eigenvalue weighted by Crippen LogP contribution is 2.33. The van der Waals surface area contributed by atoms with Crippen molar-refractivity contribution in [2.24, 2.45) is 0 Å². The lowest BCUT2D eigenvalue weighted by molar-refractivity contribution is 0.630. The first-order valence-electron chi connectivity index (χ1n) is 6.06. The van der Waals surface area contributed by atoms with E-state index < -0.39 is 0 Å². The molecule has 0 aliphatic carbocycles. The number of benzene rings is 2. The standard InChI is InChI=1S/C15H14BrCl2N/c1-2-19-15(10-5-3-6-11(17)9-10)12-7-4-8-13(16)14(12)18/h3-9,15,19H,2H2,1H3. The fourth-order valence-corrected chi connectivity index (χ4v) is 2.86. The Bertz CT molecular complexity index is 572. The van der Waals surface area contributed by atoms with E-state index in [1.54, 1.807) is 0 Å². The highest BCUT2D eigenvalue weighted by molar-refractivity contribution is 9.10. The zero-order chi connectivity index (χ0) is 13.8. The van der Waals surface area contributed by atoms with Crippen LogP contribution in [0.1, 0.15) is 24.1 Å². The Kier molecular flexibility index (Phi) is 5.28. The van der Waals surface area contributed by atoms with Crippen LogP contribution in [0.3, 0.4) is 0 Å². The summed E-state index contributed by atoms with van der Waals surface area (Å²) in [6, 6.07) is 13.8. The molecular weight excluding hydrogens is 345 g/mol. The van der Waals surface area contributed by atoms with Crippen LogP contribution in [0.2, 0.25) is 10.0 Å². The van der Waals surface area contributed by atoms with Crippen molar-refractivity contribution in [1.82, 2.24) is 5.32 Å². The van der Waals surface area contributed by atoms with Gasteiger partial charge in [-0.1, -0.05) is 54.4 Å². The molecule has 0 aliphatic rings. The van der Waals surface area contributed by atoms with Gasteiger partial charge in [0.2, 0.25) is 0 Å². The fourth-order valence-electron chi connectivity index (χ4n) is 2.04. The Morgan fingerprint density at radius 2 is 1.89 bits per heavy atom. The van der Waals surface area contributed by atoms with E-state index in [1.807, 2.05) is 36.4 Å². The van der Waals surface area contributed by atoms with Gasteiger partial charge in [0.05, 0.1) is 11.1 Å². The lowest BCUT2D eigenvalue weighted by Crippen LogP contribution is -2.22. The molecular formula is C15H14BrCl2N. The molecule has 0 radical (unpaired) electrons. The van der Waals surface area contributed by atoms with E-state index in [-0.39, 0.29) is 6.04 Å². The van der Waals surface area contributed by atoms with Crippen LogP contribution >= 0.6 is 39.1 Å². The van der Waals surface area contributed by atoms with Gasteiger partial charge in [0.25, 0.3) is 0 Å².